The molecule has 0 N–H and O–H groups in total. The molecule has 0 bridgehead atoms. The summed E-state index contributed by atoms with van der Waals surface area (Å²) in [6.45, 7) is 4.54. The molecule has 5 heteroatoms. The van der Waals surface area contributed by atoms with Gasteiger partial charge < -0.3 is 4.74 Å². The maximum absolute atomic E-state index is 12.3. The molecule has 0 aliphatic heterocycles. The summed E-state index contributed by atoms with van der Waals surface area (Å²) >= 11 is 0. The molecule has 0 aromatic carbocycles. The summed E-state index contributed by atoms with van der Waals surface area (Å²) in [6.07, 6.45) is -3.19. The summed E-state index contributed by atoms with van der Waals surface area (Å²) < 4.78 is 41.5. The van der Waals surface area contributed by atoms with Gasteiger partial charge in [0.15, 0.2) is 0 Å². The van der Waals surface area contributed by atoms with E-state index in [2.05, 4.69) is 4.74 Å². The minimum atomic E-state index is -4.32. The van der Waals surface area contributed by atoms with Gasteiger partial charge in [0.1, 0.15) is 0 Å². The quantitative estimate of drug-likeness (QED) is 0.544. The molecule has 92 valence electrons. The molecule has 0 aromatic rings. The molecule has 0 spiro atoms. The van der Waals surface area contributed by atoms with Gasteiger partial charge in [-0.15, -0.1) is 0 Å². The van der Waals surface area contributed by atoms with Crippen molar-refractivity contribution in [1.82, 2.24) is 0 Å². The van der Waals surface area contributed by atoms with E-state index in [4.69, 9.17) is 0 Å². The molecule has 16 heavy (non-hydrogen) atoms. The first kappa shape index (κ1) is 13.1. The lowest BCUT2D eigenvalue weighted by molar-refractivity contribution is -0.143. The number of allylic oxidation sites excluding steroid dienone is 2. The van der Waals surface area contributed by atoms with Gasteiger partial charge in [-0.2, -0.15) is 13.2 Å². The number of methoxy groups -OCH3 is 1. The number of rotatable bonds is 2. The van der Waals surface area contributed by atoms with Crippen LogP contribution in [0.4, 0.5) is 13.2 Å². The van der Waals surface area contributed by atoms with E-state index in [9.17, 15) is 18.0 Å². The Morgan fingerprint density at radius 2 is 1.88 bits per heavy atom. The van der Waals surface area contributed by atoms with Crippen LogP contribution in [0.1, 0.15) is 20.8 Å². The zero-order valence-corrected chi connectivity index (χ0v) is 9.68. The molecular formula is C11H15F3O2. The second-order valence-corrected chi connectivity index (χ2v) is 4.70. The van der Waals surface area contributed by atoms with Crippen LogP contribution >= 0.6 is 0 Å². The smallest absolute Gasteiger partial charge is 0.412 e. The molecule has 0 heterocycles. The van der Waals surface area contributed by atoms with Crippen LogP contribution in [0.5, 0.6) is 0 Å². The van der Waals surface area contributed by atoms with Crippen molar-refractivity contribution in [2.24, 2.45) is 17.3 Å². The van der Waals surface area contributed by atoms with Gasteiger partial charge in [0.25, 0.3) is 0 Å². The highest BCUT2D eigenvalue weighted by atomic mass is 19.4. The first-order valence-electron chi connectivity index (χ1n) is 4.95. The lowest BCUT2D eigenvalue weighted by Gasteiger charge is -2.06. The van der Waals surface area contributed by atoms with E-state index in [1.54, 1.807) is 13.8 Å². The van der Waals surface area contributed by atoms with Crippen LogP contribution in [0, 0.1) is 17.3 Å². The Hall–Kier alpha value is -1.00. The highest BCUT2D eigenvalue weighted by molar-refractivity contribution is 5.78. The zero-order valence-electron chi connectivity index (χ0n) is 9.68. The van der Waals surface area contributed by atoms with Gasteiger partial charge in [0.2, 0.25) is 0 Å². The first-order chi connectivity index (χ1) is 7.12. The molecule has 1 aliphatic rings. The third-order valence-electron chi connectivity index (χ3n) is 3.24. The van der Waals surface area contributed by atoms with Crippen LogP contribution in [0.3, 0.4) is 0 Å². The van der Waals surface area contributed by atoms with Crippen molar-refractivity contribution < 1.29 is 22.7 Å². The summed E-state index contributed by atoms with van der Waals surface area (Å²) in [6, 6.07) is 0. The number of alkyl halides is 3. The standard InChI is InChI=1S/C11H15F3O2/c1-6(11(12,13)14)5-7-8(9(15)16-4)10(7,2)3/h5,7-8H,1-4H3. The summed E-state index contributed by atoms with van der Waals surface area (Å²) in [5.41, 5.74) is -1.10. The van der Waals surface area contributed by atoms with E-state index in [-0.39, 0.29) is 5.92 Å². The second-order valence-electron chi connectivity index (χ2n) is 4.70. The maximum Gasteiger partial charge on any atom is 0.412 e. The third-order valence-corrected chi connectivity index (χ3v) is 3.24. The predicted molar refractivity (Wildman–Crippen MR) is 52.6 cm³/mol. The second kappa shape index (κ2) is 3.79. The number of hydrogen-bond acceptors (Lipinski definition) is 2. The van der Waals surface area contributed by atoms with Gasteiger partial charge in [-0.05, 0) is 18.3 Å². The zero-order chi connectivity index (χ0) is 12.7. The summed E-state index contributed by atoms with van der Waals surface area (Å²) in [7, 11) is 1.24. The minimum absolute atomic E-state index is 0.387. The Kier molecular flexibility index (Phi) is 3.09. The molecule has 0 amide bonds. The third kappa shape index (κ3) is 2.23. The molecule has 2 nitrogen and oxygen atoms in total. The average molecular weight is 236 g/mol. The highest BCUT2D eigenvalue weighted by Crippen LogP contribution is 2.60. The molecular weight excluding hydrogens is 221 g/mol. The van der Waals surface area contributed by atoms with E-state index in [1.807, 2.05) is 0 Å². The van der Waals surface area contributed by atoms with Crippen LogP contribution in [0.15, 0.2) is 11.6 Å². The van der Waals surface area contributed by atoms with Crippen molar-refractivity contribution in [3.8, 4) is 0 Å². The first-order valence-corrected chi connectivity index (χ1v) is 4.95. The monoisotopic (exact) mass is 236 g/mol. The van der Waals surface area contributed by atoms with Crippen molar-refractivity contribution in [1.29, 1.82) is 0 Å². The van der Waals surface area contributed by atoms with E-state index in [0.717, 1.165) is 13.0 Å². The van der Waals surface area contributed by atoms with Gasteiger partial charge in [-0.3, -0.25) is 4.79 Å². The van der Waals surface area contributed by atoms with Crippen LogP contribution in [-0.2, 0) is 9.53 Å². The molecule has 0 aromatic heterocycles. The maximum atomic E-state index is 12.3. The fourth-order valence-electron chi connectivity index (χ4n) is 1.93. The lowest BCUT2D eigenvalue weighted by Crippen LogP contribution is -2.10. The highest BCUT2D eigenvalue weighted by Gasteiger charge is 2.61. The van der Waals surface area contributed by atoms with Crippen molar-refractivity contribution in [2.45, 2.75) is 26.9 Å². The summed E-state index contributed by atoms with van der Waals surface area (Å²) in [4.78, 5) is 11.3. The number of esters is 1. The van der Waals surface area contributed by atoms with Crippen LogP contribution in [-0.4, -0.2) is 19.3 Å². The molecule has 0 saturated heterocycles. The van der Waals surface area contributed by atoms with Gasteiger partial charge >= 0.3 is 12.1 Å². The van der Waals surface area contributed by atoms with Gasteiger partial charge in [-0.1, -0.05) is 19.9 Å². The lowest BCUT2D eigenvalue weighted by atomic mass is 10.1. The number of halogens is 3. The van der Waals surface area contributed by atoms with Crippen molar-refractivity contribution in [3.05, 3.63) is 11.6 Å². The number of carbonyl (C=O) groups excluding carboxylic acids is 1. The number of carbonyl (C=O) groups is 1. The largest absolute Gasteiger partial charge is 0.469 e. The van der Waals surface area contributed by atoms with Gasteiger partial charge in [0, 0.05) is 5.57 Å². The Bertz CT molecular complexity index is 329. The summed E-state index contributed by atoms with van der Waals surface area (Å²) in [5.74, 6) is -1.29. The van der Waals surface area contributed by atoms with E-state index in [0.29, 0.717) is 0 Å². The molecule has 1 rings (SSSR count). The van der Waals surface area contributed by atoms with Crippen LogP contribution in [0.2, 0.25) is 0 Å². The SMILES string of the molecule is COC(=O)C1C(C=C(C)C(F)(F)F)C1(C)C. The molecule has 1 saturated carbocycles. The van der Waals surface area contributed by atoms with E-state index < -0.39 is 29.1 Å². The summed E-state index contributed by atoms with van der Waals surface area (Å²) in [5, 5.41) is 0. The number of ether oxygens (including phenoxy) is 1. The normalized spacial score (nSPS) is 28.8. The molecule has 1 aliphatic carbocycles. The Balaban J connectivity index is 2.83. The fraction of sp³-hybridized carbons (Fsp3) is 0.727. The fourth-order valence-corrected chi connectivity index (χ4v) is 1.93. The predicted octanol–water partition coefficient (Wildman–Crippen LogP) is 2.94. The molecule has 1 fully saturated rings. The van der Waals surface area contributed by atoms with Crippen LogP contribution < -0.4 is 0 Å². The molecule has 0 radical (unpaired) electrons. The Morgan fingerprint density at radius 1 is 1.38 bits per heavy atom. The van der Waals surface area contributed by atoms with Crippen LogP contribution in [0.25, 0.3) is 0 Å². The van der Waals surface area contributed by atoms with Crippen molar-refractivity contribution in [3.63, 3.8) is 0 Å². The molecule has 2 atom stereocenters. The van der Waals surface area contributed by atoms with E-state index in [1.165, 1.54) is 7.11 Å². The Morgan fingerprint density at radius 3 is 2.25 bits per heavy atom. The molecule has 2 unspecified atom stereocenters. The van der Waals surface area contributed by atoms with Crippen molar-refractivity contribution >= 4 is 5.97 Å². The number of hydrogen-bond donors (Lipinski definition) is 0. The Labute approximate surface area is 92.5 Å². The topological polar surface area (TPSA) is 26.3 Å². The minimum Gasteiger partial charge on any atom is -0.469 e. The van der Waals surface area contributed by atoms with E-state index >= 15 is 0 Å². The average Bonchev–Trinajstić information content (AvgIpc) is 2.65. The van der Waals surface area contributed by atoms with Crippen molar-refractivity contribution in [2.75, 3.05) is 7.11 Å². The van der Waals surface area contributed by atoms with Gasteiger partial charge in [0.05, 0.1) is 13.0 Å². The van der Waals surface area contributed by atoms with Gasteiger partial charge in [-0.25, -0.2) is 0 Å².